The number of nitrogens with zero attached hydrogens (tertiary/aromatic N) is 1. The molecule has 1 amide bonds. The normalized spacial score (nSPS) is 12.7. The van der Waals surface area contributed by atoms with Crippen LogP contribution < -0.4 is 10.6 Å². The van der Waals surface area contributed by atoms with E-state index in [0.717, 1.165) is 30.0 Å². The molecule has 0 atom stereocenters. The van der Waals surface area contributed by atoms with E-state index >= 15 is 0 Å². The average molecular weight is 288 g/mol. The van der Waals surface area contributed by atoms with Gasteiger partial charge in [0.15, 0.2) is 0 Å². The number of halogens is 1. The largest absolute Gasteiger partial charge is 0.384 e. The predicted octanol–water partition coefficient (Wildman–Crippen LogP) is 3.26. The molecule has 5 heteroatoms. The minimum Gasteiger partial charge on any atom is -0.384 e. The number of hydrogen-bond acceptors (Lipinski definition) is 3. The fourth-order valence-electron chi connectivity index (χ4n) is 2.28. The predicted molar refractivity (Wildman–Crippen MR) is 80.6 cm³/mol. The van der Waals surface area contributed by atoms with Crippen LogP contribution in [0, 0.1) is 6.92 Å². The third-order valence-electron chi connectivity index (χ3n) is 3.31. The van der Waals surface area contributed by atoms with Crippen LogP contribution in [0.4, 0.5) is 11.4 Å². The minimum atomic E-state index is -0.242. The molecule has 3 rings (SSSR count). The van der Waals surface area contributed by atoms with E-state index in [2.05, 4.69) is 15.6 Å². The zero-order chi connectivity index (χ0) is 14.1. The summed E-state index contributed by atoms with van der Waals surface area (Å²) in [4.78, 5) is 16.3. The van der Waals surface area contributed by atoms with Gasteiger partial charge in [0, 0.05) is 23.6 Å². The molecule has 0 saturated carbocycles. The highest BCUT2D eigenvalue weighted by molar-refractivity contribution is 6.33. The number of aromatic nitrogens is 1. The van der Waals surface area contributed by atoms with E-state index in [-0.39, 0.29) is 11.1 Å². The van der Waals surface area contributed by atoms with Crippen LogP contribution in [0.3, 0.4) is 0 Å². The van der Waals surface area contributed by atoms with Crippen molar-refractivity contribution in [2.75, 3.05) is 17.2 Å². The van der Waals surface area contributed by atoms with Crippen molar-refractivity contribution >= 4 is 28.9 Å². The van der Waals surface area contributed by atoms with Crippen LogP contribution >= 0.6 is 11.6 Å². The Hall–Kier alpha value is -2.07. The molecule has 0 bridgehead atoms. The summed E-state index contributed by atoms with van der Waals surface area (Å²) >= 11 is 6.00. The molecule has 2 aromatic rings. The van der Waals surface area contributed by atoms with Gasteiger partial charge in [-0.05, 0) is 49.2 Å². The lowest BCUT2D eigenvalue weighted by Gasteiger charge is -2.08. The maximum absolute atomic E-state index is 12.2. The highest BCUT2D eigenvalue weighted by atomic mass is 35.5. The molecule has 0 unspecified atom stereocenters. The van der Waals surface area contributed by atoms with E-state index in [1.54, 1.807) is 12.1 Å². The van der Waals surface area contributed by atoms with Crippen molar-refractivity contribution < 1.29 is 4.79 Å². The van der Waals surface area contributed by atoms with Crippen LogP contribution in [-0.2, 0) is 6.42 Å². The minimum absolute atomic E-state index is 0.227. The summed E-state index contributed by atoms with van der Waals surface area (Å²) in [7, 11) is 0. The van der Waals surface area contributed by atoms with E-state index in [0.29, 0.717) is 5.56 Å². The Bertz CT molecular complexity index is 685. The summed E-state index contributed by atoms with van der Waals surface area (Å²) in [5.74, 6) is -0.242. The molecule has 1 aromatic carbocycles. The number of nitrogens with one attached hydrogen (secondary N) is 2. The highest BCUT2D eigenvalue weighted by Gasteiger charge is 2.14. The number of fused-ring (bicyclic) bond motifs is 1. The second kappa shape index (κ2) is 5.13. The van der Waals surface area contributed by atoms with Gasteiger partial charge >= 0.3 is 0 Å². The first-order chi connectivity index (χ1) is 9.63. The number of anilines is 2. The third-order valence-corrected chi connectivity index (χ3v) is 3.59. The average Bonchev–Trinajstić information content (AvgIpc) is 2.85. The second-order valence-electron chi connectivity index (χ2n) is 4.79. The summed E-state index contributed by atoms with van der Waals surface area (Å²) in [6, 6.07) is 9.31. The first-order valence-corrected chi connectivity index (χ1v) is 6.82. The Morgan fingerprint density at radius 1 is 1.35 bits per heavy atom. The van der Waals surface area contributed by atoms with E-state index < -0.39 is 0 Å². The molecule has 102 valence electrons. The molecular formula is C15H14ClN3O. The molecule has 0 fully saturated rings. The molecule has 0 aliphatic carbocycles. The second-order valence-corrected chi connectivity index (χ2v) is 5.15. The maximum atomic E-state index is 12.2. The SMILES string of the molecule is Cc1ccc(C(=O)Nc2ccc3c(c2)CCN3)c(Cl)n1. The molecule has 0 radical (unpaired) electrons. The third kappa shape index (κ3) is 2.47. The van der Waals surface area contributed by atoms with Gasteiger partial charge in [0.2, 0.25) is 0 Å². The molecule has 4 nitrogen and oxygen atoms in total. The zero-order valence-corrected chi connectivity index (χ0v) is 11.8. The monoisotopic (exact) mass is 287 g/mol. The number of pyridine rings is 1. The van der Waals surface area contributed by atoms with E-state index in [1.807, 2.05) is 25.1 Å². The molecule has 0 saturated heterocycles. The lowest BCUT2D eigenvalue weighted by Crippen LogP contribution is -2.13. The van der Waals surface area contributed by atoms with Crippen LogP contribution in [0.2, 0.25) is 5.15 Å². The molecule has 20 heavy (non-hydrogen) atoms. The van der Waals surface area contributed by atoms with Crippen LogP contribution in [0.25, 0.3) is 0 Å². The number of aryl methyl sites for hydroxylation is 1. The Balaban J connectivity index is 1.82. The van der Waals surface area contributed by atoms with Gasteiger partial charge < -0.3 is 10.6 Å². The summed E-state index contributed by atoms with van der Waals surface area (Å²) in [5.41, 5.74) is 4.30. The van der Waals surface area contributed by atoms with Crippen molar-refractivity contribution in [1.82, 2.24) is 4.98 Å². The van der Waals surface area contributed by atoms with Crippen molar-refractivity contribution in [2.24, 2.45) is 0 Å². The number of amides is 1. The summed E-state index contributed by atoms with van der Waals surface area (Å²) in [5, 5.41) is 6.37. The van der Waals surface area contributed by atoms with Crippen molar-refractivity contribution in [3.05, 3.63) is 52.3 Å². The number of carbonyl (C=O) groups is 1. The number of carbonyl (C=O) groups excluding carboxylic acids is 1. The van der Waals surface area contributed by atoms with E-state index in [1.165, 1.54) is 5.56 Å². The van der Waals surface area contributed by atoms with Crippen LogP contribution in [-0.4, -0.2) is 17.4 Å². The molecule has 2 N–H and O–H groups in total. The molecule has 1 aliphatic rings. The van der Waals surface area contributed by atoms with Crippen molar-refractivity contribution in [3.8, 4) is 0 Å². The van der Waals surface area contributed by atoms with Gasteiger partial charge in [-0.2, -0.15) is 0 Å². The summed E-state index contributed by atoms with van der Waals surface area (Å²) < 4.78 is 0. The number of rotatable bonds is 2. The smallest absolute Gasteiger partial charge is 0.258 e. The van der Waals surface area contributed by atoms with Gasteiger partial charge in [0.25, 0.3) is 5.91 Å². The van der Waals surface area contributed by atoms with E-state index in [9.17, 15) is 4.79 Å². The zero-order valence-electron chi connectivity index (χ0n) is 11.0. The standard InChI is InChI=1S/C15H14ClN3O/c1-9-2-4-12(14(16)18-9)15(20)19-11-3-5-13-10(8-11)6-7-17-13/h2-5,8,17H,6-7H2,1H3,(H,19,20). The Kier molecular flexibility index (Phi) is 3.32. The number of hydrogen-bond donors (Lipinski definition) is 2. The van der Waals surface area contributed by atoms with Crippen molar-refractivity contribution in [3.63, 3.8) is 0 Å². The topological polar surface area (TPSA) is 54.0 Å². The van der Waals surface area contributed by atoms with Gasteiger partial charge in [-0.1, -0.05) is 11.6 Å². The molecule has 2 heterocycles. The van der Waals surface area contributed by atoms with Gasteiger partial charge in [-0.15, -0.1) is 0 Å². The molecular weight excluding hydrogens is 274 g/mol. The highest BCUT2D eigenvalue weighted by Crippen LogP contribution is 2.26. The fraction of sp³-hybridized carbons (Fsp3) is 0.200. The van der Waals surface area contributed by atoms with Gasteiger partial charge in [-0.3, -0.25) is 4.79 Å². The first kappa shape index (κ1) is 12.9. The number of benzene rings is 1. The van der Waals surface area contributed by atoms with Gasteiger partial charge in [0.1, 0.15) is 5.15 Å². The van der Waals surface area contributed by atoms with Gasteiger partial charge in [-0.25, -0.2) is 4.98 Å². The summed E-state index contributed by atoms with van der Waals surface area (Å²) in [6.07, 6.45) is 0.978. The van der Waals surface area contributed by atoms with E-state index in [4.69, 9.17) is 11.6 Å². The van der Waals surface area contributed by atoms with Crippen molar-refractivity contribution in [2.45, 2.75) is 13.3 Å². The quantitative estimate of drug-likeness (QED) is 0.834. The summed E-state index contributed by atoms with van der Waals surface area (Å²) in [6.45, 7) is 2.78. The maximum Gasteiger partial charge on any atom is 0.258 e. The van der Waals surface area contributed by atoms with Crippen LogP contribution in [0.5, 0.6) is 0 Å². The van der Waals surface area contributed by atoms with Gasteiger partial charge in [0.05, 0.1) is 5.56 Å². The Morgan fingerprint density at radius 2 is 2.20 bits per heavy atom. The Morgan fingerprint density at radius 3 is 3.00 bits per heavy atom. The lowest BCUT2D eigenvalue weighted by molar-refractivity contribution is 0.102. The lowest BCUT2D eigenvalue weighted by atomic mass is 10.1. The van der Waals surface area contributed by atoms with Crippen LogP contribution in [0.15, 0.2) is 30.3 Å². The molecule has 1 aliphatic heterocycles. The van der Waals surface area contributed by atoms with Crippen LogP contribution in [0.1, 0.15) is 21.6 Å². The Labute approximate surface area is 122 Å². The fourth-order valence-corrected chi connectivity index (χ4v) is 2.56. The first-order valence-electron chi connectivity index (χ1n) is 6.45. The van der Waals surface area contributed by atoms with Crippen molar-refractivity contribution in [1.29, 1.82) is 0 Å². The molecule has 0 spiro atoms. The molecule has 1 aromatic heterocycles.